The first-order valence-electron chi connectivity index (χ1n) is 14.6. The van der Waals surface area contributed by atoms with Gasteiger partial charge < -0.3 is 10.2 Å². The van der Waals surface area contributed by atoms with Crippen molar-refractivity contribution in [3.63, 3.8) is 0 Å². The van der Waals surface area contributed by atoms with Crippen LogP contribution in [0.2, 0.25) is 0 Å². The Labute approximate surface area is 257 Å². The molecule has 6 aromatic rings. The smallest absolute Gasteiger partial charge is 0.178 e. The lowest BCUT2D eigenvalue weighted by atomic mass is 9.64. The van der Waals surface area contributed by atoms with Crippen molar-refractivity contribution in [3.05, 3.63) is 191 Å². The molecule has 0 aromatic heterocycles. The quantitative estimate of drug-likeness (QED) is 0.210. The largest absolute Gasteiger partial charge is 0.369 e. The van der Waals surface area contributed by atoms with Crippen molar-refractivity contribution in [2.24, 2.45) is 0 Å². The molecule has 0 saturated carbocycles. The summed E-state index contributed by atoms with van der Waals surface area (Å²) in [5.41, 5.74) is 3.45. The van der Waals surface area contributed by atoms with Crippen LogP contribution in [-0.2, 0) is 11.2 Å². The summed E-state index contributed by atoms with van der Waals surface area (Å²) in [6, 6.07) is 50.6. The van der Waals surface area contributed by atoms with E-state index in [0.29, 0.717) is 22.3 Å². The molecule has 7 rings (SSSR count). The van der Waals surface area contributed by atoms with E-state index in [2.05, 4.69) is 23.7 Å². The Morgan fingerprint density at radius 3 is 1.05 bits per heavy atom. The summed E-state index contributed by atoms with van der Waals surface area (Å²) >= 11 is 0. The van der Waals surface area contributed by atoms with Gasteiger partial charge in [-0.15, -0.1) is 0 Å². The first-order chi connectivity index (χ1) is 21.6. The van der Waals surface area contributed by atoms with Crippen LogP contribution in [0.1, 0.15) is 33.4 Å². The van der Waals surface area contributed by atoms with E-state index in [4.69, 9.17) is 0 Å². The van der Waals surface area contributed by atoms with E-state index >= 15 is 0 Å². The molecule has 0 saturated heterocycles. The average Bonchev–Trinajstić information content (AvgIpc) is 3.10. The Morgan fingerprint density at radius 1 is 0.364 bits per heavy atom. The Hall–Kier alpha value is -5.64. The van der Waals surface area contributed by atoms with Crippen molar-refractivity contribution in [1.82, 2.24) is 0 Å². The molecule has 44 heavy (non-hydrogen) atoms. The molecule has 0 bridgehead atoms. The molecule has 2 atom stereocenters. The molecule has 1 aliphatic carbocycles. The monoisotopic (exact) mass is 564 g/mol. The summed E-state index contributed by atoms with van der Waals surface area (Å²) in [5.74, 6) is 13.0. The van der Waals surface area contributed by atoms with Gasteiger partial charge in [0.2, 0.25) is 0 Å². The summed E-state index contributed by atoms with van der Waals surface area (Å²) in [5, 5.41) is 26.1. The van der Waals surface area contributed by atoms with Crippen molar-refractivity contribution < 1.29 is 10.2 Å². The van der Waals surface area contributed by atoms with Gasteiger partial charge >= 0.3 is 0 Å². The number of hydrogen-bond donors (Lipinski definition) is 2. The molecule has 0 aliphatic heterocycles. The third-order valence-electron chi connectivity index (χ3n) is 8.13. The summed E-state index contributed by atoms with van der Waals surface area (Å²) in [6.45, 7) is 0. The van der Waals surface area contributed by atoms with Crippen molar-refractivity contribution in [1.29, 1.82) is 0 Å². The molecular formula is C42H28O2. The Bertz CT molecular complexity index is 1930. The second-order valence-electron chi connectivity index (χ2n) is 10.8. The molecule has 6 aromatic carbocycles. The van der Waals surface area contributed by atoms with Crippen LogP contribution in [0, 0.1) is 23.7 Å². The van der Waals surface area contributed by atoms with Crippen LogP contribution in [0.3, 0.4) is 0 Å². The van der Waals surface area contributed by atoms with E-state index in [0.717, 1.165) is 33.4 Å². The third kappa shape index (κ3) is 4.70. The topological polar surface area (TPSA) is 40.5 Å². The lowest BCUT2D eigenvalue weighted by molar-refractivity contribution is 0.0954. The maximum Gasteiger partial charge on any atom is 0.178 e. The van der Waals surface area contributed by atoms with Gasteiger partial charge in [0, 0.05) is 33.4 Å². The summed E-state index contributed by atoms with van der Waals surface area (Å²) < 4.78 is 0. The molecule has 2 N–H and O–H groups in total. The molecule has 0 fully saturated rings. The molecule has 0 heterocycles. The van der Waals surface area contributed by atoms with Gasteiger partial charge in [-0.3, -0.25) is 0 Å². The van der Waals surface area contributed by atoms with Crippen LogP contribution in [-0.4, -0.2) is 10.2 Å². The lowest BCUT2D eigenvalue weighted by Gasteiger charge is -2.42. The van der Waals surface area contributed by atoms with E-state index in [1.165, 1.54) is 0 Å². The fourth-order valence-corrected chi connectivity index (χ4v) is 6.08. The van der Waals surface area contributed by atoms with E-state index in [-0.39, 0.29) is 0 Å². The number of benzene rings is 6. The Kier molecular flexibility index (Phi) is 6.94. The second kappa shape index (κ2) is 11.2. The average molecular weight is 565 g/mol. The summed E-state index contributed by atoms with van der Waals surface area (Å²) in [6.07, 6.45) is 0. The summed E-state index contributed by atoms with van der Waals surface area (Å²) in [7, 11) is 0. The van der Waals surface area contributed by atoms with Gasteiger partial charge in [-0.2, -0.15) is 0 Å². The van der Waals surface area contributed by atoms with Gasteiger partial charge in [-0.05, 0) is 46.5 Å². The fourth-order valence-electron chi connectivity index (χ4n) is 6.08. The molecule has 2 nitrogen and oxygen atoms in total. The van der Waals surface area contributed by atoms with E-state index in [1.54, 1.807) is 0 Å². The minimum Gasteiger partial charge on any atom is -0.369 e. The van der Waals surface area contributed by atoms with Gasteiger partial charge in [-0.1, -0.05) is 157 Å². The van der Waals surface area contributed by atoms with Gasteiger partial charge in [0.15, 0.2) is 11.2 Å². The zero-order valence-electron chi connectivity index (χ0n) is 23.9. The molecule has 1 aliphatic rings. The van der Waals surface area contributed by atoms with Crippen molar-refractivity contribution >= 4 is 0 Å². The van der Waals surface area contributed by atoms with E-state index in [9.17, 15) is 10.2 Å². The van der Waals surface area contributed by atoms with Gasteiger partial charge in [0.1, 0.15) is 0 Å². The van der Waals surface area contributed by atoms with Crippen molar-refractivity contribution in [3.8, 4) is 45.9 Å². The number of hydrogen-bond acceptors (Lipinski definition) is 2. The van der Waals surface area contributed by atoms with Crippen molar-refractivity contribution in [2.45, 2.75) is 11.2 Å². The first kappa shape index (κ1) is 27.2. The molecule has 0 radical (unpaired) electrons. The van der Waals surface area contributed by atoms with Crippen molar-refractivity contribution in [2.75, 3.05) is 0 Å². The highest BCUT2D eigenvalue weighted by molar-refractivity contribution is 5.85. The van der Waals surface area contributed by atoms with Crippen LogP contribution in [0.25, 0.3) is 22.3 Å². The Morgan fingerprint density at radius 2 is 0.682 bits per heavy atom. The van der Waals surface area contributed by atoms with Gasteiger partial charge in [0.05, 0.1) is 0 Å². The lowest BCUT2D eigenvalue weighted by Crippen LogP contribution is -2.42. The van der Waals surface area contributed by atoms with Crippen LogP contribution in [0.15, 0.2) is 158 Å². The van der Waals surface area contributed by atoms with Gasteiger partial charge in [0.25, 0.3) is 0 Å². The van der Waals surface area contributed by atoms with E-state index in [1.807, 2.05) is 158 Å². The number of aliphatic hydroxyl groups is 2. The molecule has 2 heteroatoms. The minimum atomic E-state index is -1.77. The van der Waals surface area contributed by atoms with Crippen LogP contribution >= 0.6 is 0 Å². The number of fused-ring (bicyclic) bond motifs is 2. The van der Waals surface area contributed by atoms with Gasteiger partial charge in [-0.25, -0.2) is 0 Å². The highest BCUT2D eigenvalue weighted by Gasteiger charge is 2.51. The third-order valence-corrected chi connectivity index (χ3v) is 8.13. The predicted molar refractivity (Wildman–Crippen MR) is 176 cm³/mol. The first-order valence-corrected chi connectivity index (χ1v) is 14.6. The second-order valence-corrected chi connectivity index (χ2v) is 10.8. The van der Waals surface area contributed by atoms with Crippen LogP contribution < -0.4 is 0 Å². The minimum absolute atomic E-state index is 0.503. The molecular weight excluding hydrogens is 536 g/mol. The zero-order chi connectivity index (χ0) is 30.0. The fraction of sp³-hybridized carbons (Fsp3) is 0.0476. The summed E-state index contributed by atoms with van der Waals surface area (Å²) in [4.78, 5) is 0. The molecule has 0 amide bonds. The normalized spacial score (nSPS) is 18.0. The highest BCUT2D eigenvalue weighted by atomic mass is 16.3. The van der Waals surface area contributed by atoms with Crippen LogP contribution in [0.5, 0.6) is 0 Å². The molecule has 2 unspecified atom stereocenters. The van der Waals surface area contributed by atoms with Crippen LogP contribution in [0.4, 0.5) is 0 Å². The number of rotatable bonds is 2. The zero-order valence-corrected chi connectivity index (χ0v) is 23.9. The molecule has 0 spiro atoms. The highest BCUT2D eigenvalue weighted by Crippen LogP contribution is 2.53. The maximum atomic E-state index is 13.0. The maximum absolute atomic E-state index is 13.0. The standard InChI is InChI=1S/C42H28O2/c43-41(29-27-31-15-5-1-6-16-31)37-23-13-14-24-38(37)42(44,30-28-32-17-7-2-8-18-32)40-36(34-21-11-4-12-22-34)26-25-35(39(40)41)33-19-9-3-10-20-33/h1-26,43-44H. The Balaban J connectivity index is 1.64. The van der Waals surface area contributed by atoms with E-state index < -0.39 is 11.2 Å². The SMILES string of the molecule is OC1(C#Cc2ccccc2)c2ccccc2C(O)(C#Cc2ccccc2)c2c(-c3ccccc3)ccc(-c3ccccc3)c21. The molecule has 208 valence electrons. The predicted octanol–water partition coefficient (Wildman–Crippen LogP) is 7.91.